The zero-order valence-electron chi connectivity index (χ0n) is 32.3. The number of carbonyl (C=O) groups is 1. The summed E-state index contributed by atoms with van der Waals surface area (Å²) < 4.78 is 18.2. The van der Waals surface area contributed by atoms with E-state index >= 15 is 0 Å². The second kappa shape index (κ2) is 17.7. The normalized spacial score (nSPS) is 15.4. The molecule has 0 saturated heterocycles. The molecule has 0 N–H and O–H groups in total. The molecule has 6 nitrogen and oxygen atoms in total. The summed E-state index contributed by atoms with van der Waals surface area (Å²) in [5.74, 6) is 0.776. The summed E-state index contributed by atoms with van der Waals surface area (Å²) in [5, 5.41) is 0.0217. The first kappa shape index (κ1) is 41.1. The number of carbonyl (C=O) groups excluding carboxylic acids is 1. The van der Waals surface area contributed by atoms with Crippen LogP contribution in [0.5, 0.6) is 11.5 Å². The highest BCUT2D eigenvalue weighted by molar-refractivity contribution is 6.53. The maximum atomic E-state index is 14.2. The van der Waals surface area contributed by atoms with Crippen LogP contribution >= 0.6 is 46.4 Å². The topological polar surface area (TPSA) is 51.2 Å². The van der Waals surface area contributed by atoms with Crippen LogP contribution in [0.15, 0.2) is 109 Å². The summed E-state index contributed by atoms with van der Waals surface area (Å²) in [7, 11) is 4.09. The molecule has 56 heavy (non-hydrogen) atoms. The summed E-state index contributed by atoms with van der Waals surface area (Å²) in [5.41, 5.74) is 5.78. The fraction of sp³-hybridized carbons (Fsp3) is 0.239. The summed E-state index contributed by atoms with van der Waals surface area (Å²) in [6.07, 6.45) is 3.84. The van der Waals surface area contributed by atoms with Gasteiger partial charge in [0.25, 0.3) is 0 Å². The number of ether oxygens (including phenoxy) is 3. The van der Waals surface area contributed by atoms with Crippen molar-refractivity contribution in [3.63, 3.8) is 0 Å². The van der Waals surface area contributed by atoms with Crippen LogP contribution in [-0.4, -0.2) is 46.4 Å². The van der Waals surface area contributed by atoms with Gasteiger partial charge >= 0.3 is 5.97 Å². The lowest BCUT2D eigenvalue weighted by molar-refractivity contribution is 0.0300. The van der Waals surface area contributed by atoms with Gasteiger partial charge in [0.05, 0.1) is 38.9 Å². The molecule has 5 aromatic rings. The number of cyclic esters (lactones) is 1. The maximum Gasteiger partial charge on any atom is 0.341 e. The second-order valence-corrected chi connectivity index (χ2v) is 14.9. The molecule has 0 radical (unpaired) electrons. The Bertz CT molecular complexity index is 2140. The third-order valence-corrected chi connectivity index (χ3v) is 11.8. The van der Waals surface area contributed by atoms with Gasteiger partial charge in [0.1, 0.15) is 11.5 Å². The van der Waals surface area contributed by atoms with E-state index in [1.807, 2.05) is 88.6 Å². The van der Waals surface area contributed by atoms with Crippen molar-refractivity contribution in [2.75, 3.05) is 50.2 Å². The Labute approximate surface area is 349 Å². The molecule has 5 aromatic carbocycles. The van der Waals surface area contributed by atoms with E-state index in [1.165, 1.54) is 0 Å². The zero-order chi connectivity index (χ0) is 40.1. The Hall–Kier alpha value is -4.59. The van der Waals surface area contributed by atoms with Crippen molar-refractivity contribution in [3.05, 3.63) is 163 Å². The molecule has 0 fully saturated rings. The van der Waals surface area contributed by atoms with Gasteiger partial charge in [-0.2, -0.15) is 0 Å². The molecule has 1 heterocycles. The Morgan fingerprint density at radius 1 is 0.571 bits per heavy atom. The average Bonchev–Trinajstić information content (AvgIpc) is 3.52. The van der Waals surface area contributed by atoms with Crippen molar-refractivity contribution >= 4 is 74.9 Å². The minimum absolute atomic E-state index is 0.0192. The first-order valence-electron chi connectivity index (χ1n) is 18.6. The Balaban J connectivity index is 1.71. The molecular weight excluding hydrogens is 786 g/mol. The number of anilines is 2. The van der Waals surface area contributed by atoms with E-state index in [-0.39, 0.29) is 25.7 Å². The van der Waals surface area contributed by atoms with Gasteiger partial charge in [0.15, 0.2) is 5.60 Å². The first-order chi connectivity index (χ1) is 26.9. The maximum absolute atomic E-state index is 14.2. The van der Waals surface area contributed by atoms with Crippen LogP contribution in [-0.2, 0) is 10.3 Å². The number of hydrogen-bond donors (Lipinski definition) is 0. The number of benzene rings is 5. The second-order valence-electron chi connectivity index (χ2n) is 13.3. The average molecular weight is 831 g/mol. The quantitative estimate of drug-likeness (QED) is 0.0631. The molecular formula is C46H44Cl4N2O4. The number of fused-ring (bicyclic) bond motifs is 1. The number of halogens is 4. The monoisotopic (exact) mass is 828 g/mol. The molecule has 0 atom stereocenters. The van der Waals surface area contributed by atoms with E-state index < -0.39 is 11.6 Å². The van der Waals surface area contributed by atoms with Crippen LogP contribution < -0.4 is 19.3 Å². The molecule has 1 aliphatic heterocycles. The fourth-order valence-electron chi connectivity index (χ4n) is 6.74. The van der Waals surface area contributed by atoms with Crippen molar-refractivity contribution in [3.8, 4) is 11.5 Å². The van der Waals surface area contributed by atoms with Gasteiger partial charge in [-0.3, -0.25) is 0 Å². The lowest BCUT2D eigenvalue weighted by Crippen LogP contribution is -2.23. The van der Waals surface area contributed by atoms with Gasteiger partial charge in [-0.05, 0) is 122 Å². The van der Waals surface area contributed by atoms with Gasteiger partial charge in [-0.25, -0.2) is 4.79 Å². The van der Waals surface area contributed by atoms with Gasteiger partial charge in [-0.15, -0.1) is 0 Å². The Morgan fingerprint density at radius 2 is 0.929 bits per heavy atom. The predicted octanol–water partition coefficient (Wildman–Crippen LogP) is 12.6. The fourth-order valence-corrected chi connectivity index (χ4v) is 7.81. The molecule has 1 aliphatic rings. The number of nitrogens with zero attached hydrogens (tertiary/aromatic N) is 2. The minimum atomic E-state index is -1.64. The molecule has 0 unspecified atom stereocenters. The van der Waals surface area contributed by atoms with Crippen LogP contribution in [0.2, 0.25) is 20.1 Å². The number of hydrogen-bond acceptors (Lipinski definition) is 6. The van der Waals surface area contributed by atoms with E-state index in [9.17, 15) is 4.79 Å². The highest BCUT2D eigenvalue weighted by atomic mass is 35.5. The van der Waals surface area contributed by atoms with E-state index in [4.69, 9.17) is 60.6 Å². The van der Waals surface area contributed by atoms with Crippen molar-refractivity contribution < 1.29 is 19.0 Å². The van der Waals surface area contributed by atoms with Gasteiger partial charge < -0.3 is 24.0 Å². The van der Waals surface area contributed by atoms with E-state index in [1.54, 1.807) is 0 Å². The summed E-state index contributed by atoms with van der Waals surface area (Å²) in [4.78, 5) is 18.5. The van der Waals surface area contributed by atoms with Crippen molar-refractivity contribution in [1.29, 1.82) is 0 Å². The zero-order valence-corrected chi connectivity index (χ0v) is 35.3. The highest BCUT2D eigenvalue weighted by Crippen LogP contribution is 2.53. The van der Waals surface area contributed by atoms with Crippen LogP contribution in [0.1, 0.15) is 65.9 Å². The largest absolute Gasteiger partial charge is 0.494 e. The van der Waals surface area contributed by atoms with Crippen molar-refractivity contribution in [2.45, 2.75) is 33.3 Å². The molecule has 6 rings (SSSR count). The van der Waals surface area contributed by atoms with E-state index in [0.717, 1.165) is 69.4 Å². The summed E-state index contributed by atoms with van der Waals surface area (Å²) in [6.45, 7) is 10.8. The summed E-state index contributed by atoms with van der Waals surface area (Å²) >= 11 is 27.4. The standard InChI is InChI=1S/C46H44Cl4N2O4/c1-7-51(5)33-19-11-29(12-20-33)37(31-15-23-35(24-16-31)54-9-3)27-46(40-39(45(53)56-46)41(47)43(49)44(50)42(40)48)28-38(32-17-25-36(26-18-32)55-10-4)30-13-21-34(22-14-30)52(6)8-2/h11-28H,7-10H2,1-6H3. The molecule has 0 bridgehead atoms. The van der Waals surface area contributed by atoms with Gasteiger partial charge in [0.2, 0.25) is 0 Å². The van der Waals surface area contributed by atoms with E-state index in [0.29, 0.717) is 18.8 Å². The van der Waals surface area contributed by atoms with Crippen LogP contribution in [0.4, 0.5) is 11.4 Å². The molecule has 10 heteroatoms. The lowest BCUT2D eigenvalue weighted by atomic mass is 9.83. The van der Waals surface area contributed by atoms with Crippen LogP contribution in [0.25, 0.3) is 11.1 Å². The van der Waals surface area contributed by atoms with Crippen LogP contribution in [0, 0.1) is 0 Å². The number of rotatable bonds is 14. The van der Waals surface area contributed by atoms with E-state index in [2.05, 4.69) is 72.2 Å². The molecule has 0 aromatic heterocycles. The third-order valence-electron chi connectivity index (χ3n) is 9.98. The third kappa shape index (κ3) is 8.26. The summed E-state index contributed by atoms with van der Waals surface area (Å²) in [6, 6.07) is 32.1. The predicted molar refractivity (Wildman–Crippen MR) is 234 cm³/mol. The SMILES string of the molecule is CCOc1ccc(C(=CC2(C=C(c3ccc(OCC)cc3)c3ccc(N(C)CC)cc3)OC(=O)c3c(Cl)c(Cl)c(Cl)c(Cl)c32)c2ccc(N(C)CC)cc2)cc1. The lowest BCUT2D eigenvalue weighted by Gasteiger charge is -2.27. The van der Waals surface area contributed by atoms with Gasteiger partial charge in [-0.1, -0.05) is 94.9 Å². The molecule has 290 valence electrons. The van der Waals surface area contributed by atoms with Crippen LogP contribution in [0.3, 0.4) is 0 Å². The molecule has 0 aliphatic carbocycles. The molecule has 0 spiro atoms. The highest BCUT2D eigenvalue weighted by Gasteiger charge is 2.48. The number of esters is 1. The minimum Gasteiger partial charge on any atom is -0.494 e. The molecule has 0 amide bonds. The van der Waals surface area contributed by atoms with Gasteiger partial charge in [0, 0.05) is 44.1 Å². The van der Waals surface area contributed by atoms with Crippen molar-refractivity contribution in [2.24, 2.45) is 0 Å². The van der Waals surface area contributed by atoms with Crippen molar-refractivity contribution in [1.82, 2.24) is 0 Å². The first-order valence-corrected chi connectivity index (χ1v) is 20.1. The molecule has 0 saturated carbocycles. The Kier molecular flexibility index (Phi) is 13.0. The smallest absolute Gasteiger partial charge is 0.341 e. The Morgan fingerprint density at radius 3 is 1.29 bits per heavy atom.